The second kappa shape index (κ2) is 9.96. The number of nitrogens with one attached hydrogen (secondary N) is 1. The number of carbonyl (C=O) groups is 1. The lowest BCUT2D eigenvalue weighted by atomic mass is 10.1. The van der Waals surface area contributed by atoms with E-state index in [1.807, 2.05) is 59.2 Å². The van der Waals surface area contributed by atoms with Crippen LogP contribution in [0.15, 0.2) is 71.3 Å². The van der Waals surface area contributed by atoms with Gasteiger partial charge in [-0.3, -0.25) is 4.79 Å². The van der Waals surface area contributed by atoms with Gasteiger partial charge >= 0.3 is 0 Å². The Morgan fingerprint density at radius 1 is 1.00 bits per heavy atom. The fraction of sp³-hybridized carbons (Fsp3) is 0.240. The first-order valence-electron chi connectivity index (χ1n) is 10.4. The van der Waals surface area contributed by atoms with Crippen molar-refractivity contribution in [3.63, 3.8) is 0 Å². The number of aromatic nitrogens is 1. The van der Waals surface area contributed by atoms with Crippen molar-refractivity contribution >= 4 is 17.0 Å². The van der Waals surface area contributed by atoms with Crippen LogP contribution in [0.3, 0.4) is 0 Å². The normalized spacial score (nSPS) is 10.8. The SMILES string of the molecule is COc1ccc(CCNC(=O)c2cc3occc3n2CCOc2ccccc2)cc1OC. The smallest absolute Gasteiger partial charge is 0.268 e. The highest BCUT2D eigenvalue weighted by Gasteiger charge is 2.17. The second-order valence-electron chi connectivity index (χ2n) is 7.21. The lowest BCUT2D eigenvalue weighted by Gasteiger charge is -2.12. The molecule has 0 radical (unpaired) electrons. The minimum absolute atomic E-state index is 0.156. The molecule has 166 valence electrons. The van der Waals surface area contributed by atoms with Gasteiger partial charge in [0.1, 0.15) is 18.1 Å². The van der Waals surface area contributed by atoms with E-state index in [1.54, 1.807) is 26.5 Å². The van der Waals surface area contributed by atoms with Crippen molar-refractivity contribution in [2.45, 2.75) is 13.0 Å². The molecular weight excluding hydrogens is 408 g/mol. The summed E-state index contributed by atoms with van der Waals surface area (Å²) in [6, 6.07) is 19.0. The lowest BCUT2D eigenvalue weighted by Crippen LogP contribution is -2.28. The summed E-state index contributed by atoms with van der Waals surface area (Å²) in [5.41, 5.74) is 3.13. The van der Waals surface area contributed by atoms with Gasteiger partial charge in [-0.05, 0) is 36.2 Å². The first kappa shape index (κ1) is 21.4. The quantitative estimate of drug-likeness (QED) is 0.403. The largest absolute Gasteiger partial charge is 0.493 e. The zero-order valence-corrected chi connectivity index (χ0v) is 18.2. The Balaban J connectivity index is 1.40. The summed E-state index contributed by atoms with van der Waals surface area (Å²) in [5.74, 6) is 1.99. The van der Waals surface area contributed by atoms with Crippen LogP contribution in [0.25, 0.3) is 11.1 Å². The Hall–Kier alpha value is -3.87. The van der Waals surface area contributed by atoms with Crippen molar-refractivity contribution < 1.29 is 23.4 Å². The van der Waals surface area contributed by atoms with Crippen molar-refractivity contribution in [3.8, 4) is 17.2 Å². The highest BCUT2D eigenvalue weighted by atomic mass is 16.5. The van der Waals surface area contributed by atoms with Gasteiger partial charge in [0.05, 0.1) is 32.5 Å². The summed E-state index contributed by atoms with van der Waals surface area (Å²) in [7, 11) is 3.21. The van der Waals surface area contributed by atoms with Crippen LogP contribution in [0.2, 0.25) is 0 Å². The van der Waals surface area contributed by atoms with Crippen LogP contribution >= 0.6 is 0 Å². The van der Waals surface area contributed by atoms with E-state index in [2.05, 4.69) is 5.32 Å². The number of nitrogens with zero attached hydrogens (tertiary/aromatic N) is 1. The van der Waals surface area contributed by atoms with E-state index in [4.69, 9.17) is 18.6 Å². The summed E-state index contributed by atoms with van der Waals surface area (Å²) >= 11 is 0. The molecule has 2 heterocycles. The molecule has 2 aromatic carbocycles. The molecule has 0 bridgehead atoms. The average Bonchev–Trinajstić information content (AvgIpc) is 3.42. The summed E-state index contributed by atoms with van der Waals surface area (Å²) in [6.45, 7) is 1.45. The van der Waals surface area contributed by atoms with Gasteiger partial charge in [-0.25, -0.2) is 0 Å². The molecule has 7 nitrogen and oxygen atoms in total. The van der Waals surface area contributed by atoms with Gasteiger partial charge in [0.25, 0.3) is 5.91 Å². The minimum Gasteiger partial charge on any atom is -0.493 e. The first-order chi connectivity index (χ1) is 15.7. The molecule has 7 heteroatoms. The van der Waals surface area contributed by atoms with Crippen molar-refractivity contribution in [3.05, 3.63) is 78.2 Å². The van der Waals surface area contributed by atoms with Crippen LogP contribution in [-0.2, 0) is 13.0 Å². The predicted molar refractivity (Wildman–Crippen MR) is 122 cm³/mol. The highest BCUT2D eigenvalue weighted by Crippen LogP contribution is 2.27. The minimum atomic E-state index is -0.156. The number of hydrogen-bond acceptors (Lipinski definition) is 5. The Morgan fingerprint density at radius 2 is 1.81 bits per heavy atom. The van der Waals surface area contributed by atoms with Crippen molar-refractivity contribution in [2.24, 2.45) is 0 Å². The molecule has 0 saturated carbocycles. The van der Waals surface area contributed by atoms with Gasteiger partial charge in [0.15, 0.2) is 17.1 Å². The molecule has 2 aromatic heterocycles. The van der Waals surface area contributed by atoms with Crippen molar-refractivity contribution in [2.75, 3.05) is 27.4 Å². The molecule has 32 heavy (non-hydrogen) atoms. The van der Waals surface area contributed by atoms with Crippen LogP contribution in [0.5, 0.6) is 17.2 Å². The number of ether oxygens (including phenoxy) is 3. The fourth-order valence-electron chi connectivity index (χ4n) is 3.62. The number of amides is 1. The molecule has 1 amide bonds. The Labute approximate surface area is 186 Å². The molecule has 0 atom stereocenters. The van der Waals surface area contributed by atoms with Crippen LogP contribution in [0, 0.1) is 0 Å². The van der Waals surface area contributed by atoms with Crippen LogP contribution in [0.1, 0.15) is 16.1 Å². The standard InChI is InChI=1S/C25H26N2O5/c1-29-22-9-8-18(16-24(22)30-2)10-12-26-25(28)21-17-23-20(11-14-32-23)27(21)13-15-31-19-6-4-3-5-7-19/h3-9,11,14,16-17H,10,12-13,15H2,1-2H3,(H,26,28). The number of methoxy groups -OCH3 is 2. The highest BCUT2D eigenvalue weighted by molar-refractivity contribution is 5.97. The zero-order valence-electron chi connectivity index (χ0n) is 18.2. The summed E-state index contributed by atoms with van der Waals surface area (Å²) in [6.07, 6.45) is 2.29. The molecule has 4 aromatic rings. The third kappa shape index (κ3) is 4.72. The van der Waals surface area contributed by atoms with E-state index in [1.165, 1.54) is 0 Å². The van der Waals surface area contributed by atoms with Gasteiger partial charge < -0.3 is 28.5 Å². The van der Waals surface area contributed by atoms with Gasteiger partial charge in [0.2, 0.25) is 0 Å². The Bertz CT molecular complexity index is 1180. The third-order valence-corrected chi connectivity index (χ3v) is 5.23. The number of furan rings is 1. The molecule has 0 fully saturated rings. The number of hydrogen-bond donors (Lipinski definition) is 1. The maximum Gasteiger partial charge on any atom is 0.268 e. The van der Waals surface area contributed by atoms with Crippen molar-refractivity contribution in [1.29, 1.82) is 0 Å². The first-order valence-corrected chi connectivity index (χ1v) is 10.4. The van der Waals surface area contributed by atoms with Gasteiger partial charge in [-0.15, -0.1) is 0 Å². The Morgan fingerprint density at radius 3 is 2.59 bits per heavy atom. The molecule has 0 spiro atoms. The van der Waals surface area contributed by atoms with Crippen LogP contribution < -0.4 is 19.5 Å². The number of rotatable bonds is 10. The van der Waals surface area contributed by atoms with E-state index in [0.717, 1.165) is 16.8 Å². The maximum atomic E-state index is 12.9. The third-order valence-electron chi connectivity index (χ3n) is 5.23. The number of carbonyl (C=O) groups excluding carboxylic acids is 1. The predicted octanol–water partition coefficient (Wildman–Crippen LogP) is 4.30. The number of benzene rings is 2. The van der Waals surface area contributed by atoms with Gasteiger partial charge in [-0.2, -0.15) is 0 Å². The topological polar surface area (TPSA) is 74.9 Å². The maximum absolute atomic E-state index is 12.9. The van der Waals surface area contributed by atoms with E-state index in [9.17, 15) is 4.79 Å². The summed E-state index contributed by atoms with van der Waals surface area (Å²) < 4.78 is 23.9. The van der Waals surface area contributed by atoms with E-state index >= 15 is 0 Å². The fourth-order valence-corrected chi connectivity index (χ4v) is 3.62. The molecule has 0 aliphatic rings. The molecule has 0 aliphatic carbocycles. The average molecular weight is 434 g/mol. The molecule has 0 unspecified atom stereocenters. The monoisotopic (exact) mass is 434 g/mol. The molecule has 1 N–H and O–H groups in total. The second-order valence-corrected chi connectivity index (χ2v) is 7.21. The number of para-hydroxylation sites is 1. The van der Waals surface area contributed by atoms with E-state index in [0.29, 0.717) is 48.9 Å². The Kier molecular flexibility index (Phi) is 6.65. The van der Waals surface area contributed by atoms with E-state index in [-0.39, 0.29) is 5.91 Å². The molecular formula is C25H26N2O5. The van der Waals surface area contributed by atoms with Gasteiger partial charge in [-0.1, -0.05) is 24.3 Å². The molecule has 0 aliphatic heterocycles. The van der Waals surface area contributed by atoms with Crippen molar-refractivity contribution in [1.82, 2.24) is 9.88 Å². The lowest BCUT2D eigenvalue weighted by molar-refractivity contribution is 0.0944. The van der Waals surface area contributed by atoms with Gasteiger partial charge in [0, 0.05) is 18.7 Å². The zero-order chi connectivity index (χ0) is 22.3. The summed E-state index contributed by atoms with van der Waals surface area (Å²) in [5, 5.41) is 3.00. The van der Waals surface area contributed by atoms with Crippen LogP contribution in [-0.4, -0.2) is 37.8 Å². The molecule has 0 saturated heterocycles. The number of fused-ring (bicyclic) bond motifs is 1. The summed E-state index contributed by atoms with van der Waals surface area (Å²) in [4.78, 5) is 12.9. The van der Waals surface area contributed by atoms with E-state index < -0.39 is 0 Å². The molecule has 4 rings (SSSR count). The van der Waals surface area contributed by atoms with Crippen LogP contribution in [0.4, 0.5) is 0 Å².